The van der Waals surface area contributed by atoms with Crippen molar-refractivity contribution in [3.05, 3.63) is 236 Å². The smallest absolute Gasteiger partial charge is 0.344 e. The number of halogens is 24. The summed E-state index contributed by atoms with van der Waals surface area (Å²) in [4.78, 5) is 81.1. The maximum Gasteiger partial charge on any atom is 0.344 e. The highest BCUT2D eigenvalue weighted by Crippen LogP contribution is 2.40. The van der Waals surface area contributed by atoms with E-state index in [1.165, 1.54) is 0 Å². The fourth-order valence-electron chi connectivity index (χ4n) is 8.00. The Labute approximate surface area is 536 Å². The van der Waals surface area contributed by atoms with Crippen LogP contribution < -0.4 is 0 Å². The van der Waals surface area contributed by atoms with Gasteiger partial charge in [-0.1, -0.05) is 30.7 Å². The predicted octanol–water partition coefficient (Wildman–Crippen LogP) is 16.4. The number of rotatable bonds is 24. The molecule has 0 aromatic heterocycles. The number of aliphatic hydroxyl groups excluding tert-OH is 1. The zero-order valence-electron chi connectivity index (χ0n) is 46.9. The van der Waals surface area contributed by atoms with Gasteiger partial charge in [0.1, 0.15) is 68.5 Å². The van der Waals surface area contributed by atoms with Gasteiger partial charge >= 0.3 is 29.8 Å². The van der Waals surface area contributed by atoms with Gasteiger partial charge in [-0.3, -0.25) is 0 Å². The second-order valence-corrected chi connectivity index (χ2v) is 18.0. The molecule has 0 aliphatic rings. The average Bonchev–Trinajstić information content (AvgIpc) is 0.792. The topological polar surface area (TPSA) is 454 Å². The van der Waals surface area contributed by atoms with Crippen molar-refractivity contribution in [1.29, 1.82) is 0 Å². The maximum atomic E-state index is 16.0. The van der Waals surface area contributed by atoms with E-state index in [1.807, 2.05) is 0 Å². The minimum absolute atomic E-state index is 1.76. The third-order valence-electron chi connectivity index (χ3n) is 12.5. The molecule has 0 saturated heterocycles. The van der Waals surface area contributed by atoms with Crippen LogP contribution in [0.4, 0.5) is 139 Å². The first-order chi connectivity index (χ1) is 47.9. The van der Waals surface area contributed by atoms with Gasteiger partial charge in [-0.05, 0) is 33.2 Å². The highest BCUT2D eigenvalue weighted by Gasteiger charge is 2.50. The van der Waals surface area contributed by atoms with Gasteiger partial charge in [-0.2, -0.15) is 0 Å². The van der Waals surface area contributed by atoms with Crippen molar-refractivity contribution in [2.45, 2.75) is 30.7 Å². The van der Waals surface area contributed by atoms with Gasteiger partial charge in [-0.25, -0.2) is 129 Å². The SMILES string of the molecule is [N-]=[N+]=Nc1c(F)c(F)c(C(=O)OCC(OC(=O)c2c(F)c(F)c(N=[N+]=[N-])c(F)c2F)C(OC(=O)c2c(F)c(F)c(N=[N+]=[N-])c(F)c2F)C(OC(=O)c2c(F)c(F)c(N=[N+]=[N-])c(F)c2F)C(COC(O)c2c(F)c(F)c(N=[N+]=[N-])c(F)c2F)OC(=O)c2c(F)c(F)c(N=[N+]=[N-])c(F)c2F)c(F)c1F. The van der Waals surface area contributed by atoms with Crippen LogP contribution in [0.15, 0.2) is 30.7 Å². The van der Waals surface area contributed by atoms with Gasteiger partial charge in [0.15, 0.2) is 170 Å². The Morgan fingerprint density at radius 1 is 0.284 bits per heavy atom. The van der Waals surface area contributed by atoms with Crippen molar-refractivity contribution in [2.75, 3.05) is 13.2 Å². The van der Waals surface area contributed by atoms with Gasteiger partial charge in [0.05, 0.1) is 12.2 Å². The van der Waals surface area contributed by atoms with E-state index >= 15 is 105 Å². The number of carbonyl (C=O) groups excluding carboxylic acids is 5. The first-order valence-electron chi connectivity index (χ1n) is 24.7. The van der Waals surface area contributed by atoms with Crippen molar-refractivity contribution in [2.24, 2.45) is 30.7 Å². The van der Waals surface area contributed by atoms with Crippen molar-refractivity contribution < 1.29 is 163 Å². The minimum Gasteiger partial charge on any atom is -0.458 e. The fraction of sp³-hybridized carbons (Fsp3) is 0.146. The normalized spacial score (nSPS) is 12.3. The quantitative estimate of drug-likeness (QED) is 0.00863. The van der Waals surface area contributed by atoms with Crippen LogP contribution in [0.3, 0.4) is 0 Å². The molecule has 0 heterocycles. The Morgan fingerprint density at radius 3 is 0.686 bits per heavy atom. The van der Waals surface area contributed by atoms with E-state index in [-0.39, 0.29) is 0 Å². The molecule has 532 valence electrons. The Balaban J connectivity index is 1.86. The summed E-state index contributed by atoms with van der Waals surface area (Å²) < 4.78 is 401. The second-order valence-electron chi connectivity index (χ2n) is 18.0. The Hall–Kier alpha value is -13.2. The third kappa shape index (κ3) is 14.4. The molecule has 5 atom stereocenters. The number of ether oxygens (including phenoxy) is 6. The lowest BCUT2D eigenvalue weighted by molar-refractivity contribution is -0.171. The van der Waals surface area contributed by atoms with Gasteiger partial charge in [0.2, 0.25) is 0 Å². The van der Waals surface area contributed by atoms with Crippen LogP contribution in [0.5, 0.6) is 0 Å². The molecule has 30 nitrogen and oxygen atoms in total. The molecule has 6 aromatic carbocycles. The Bertz CT molecular complexity index is 4800. The molecular weight excluding hydrogens is 1480 g/mol. The maximum absolute atomic E-state index is 16.0. The summed E-state index contributed by atoms with van der Waals surface area (Å²) >= 11 is 0. The molecule has 6 rings (SSSR count). The minimum atomic E-state index is -4.75. The van der Waals surface area contributed by atoms with Crippen LogP contribution in [0.2, 0.25) is 0 Å². The molecule has 6 aromatic rings. The monoisotopic (exact) mass is 1490 g/mol. The number of azide groups is 6. The van der Waals surface area contributed by atoms with Crippen LogP contribution in [0.25, 0.3) is 62.7 Å². The molecule has 0 aliphatic heterocycles. The molecule has 0 fully saturated rings. The number of aliphatic hydroxyl groups is 1. The summed E-state index contributed by atoms with van der Waals surface area (Å²) in [5.74, 6) is -92.9. The summed E-state index contributed by atoms with van der Waals surface area (Å²) in [7, 11) is 0. The number of hydrogen-bond donors (Lipinski definition) is 1. The summed E-state index contributed by atoms with van der Waals surface area (Å²) in [6, 6.07) is 0. The lowest BCUT2D eigenvalue weighted by atomic mass is 10.0. The summed E-state index contributed by atoms with van der Waals surface area (Å²) in [6.45, 7) is -6.12. The van der Waals surface area contributed by atoms with Crippen molar-refractivity contribution >= 4 is 64.0 Å². The largest absolute Gasteiger partial charge is 0.458 e. The highest BCUT2D eigenvalue weighted by molar-refractivity contribution is 5.94. The molecule has 5 unspecified atom stereocenters. The van der Waals surface area contributed by atoms with E-state index in [4.69, 9.17) is 33.2 Å². The van der Waals surface area contributed by atoms with Crippen molar-refractivity contribution in [3.8, 4) is 0 Å². The predicted molar refractivity (Wildman–Crippen MR) is 268 cm³/mol. The second kappa shape index (κ2) is 31.5. The summed E-state index contributed by atoms with van der Waals surface area (Å²) in [5.41, 5.74) is 19.7. The van der Waals surface area contributed by atoms with Crippen LogP contribution >= 0.6 is 0 Å². The van der Waals surface area contributed by atoms with E-state index in [1.54, 1.807) is 29.5 Å². The number of benzene rings is 6. The molecule has 0 radical (unpaired) electrons. The molecule has 0 amide bonds. The van der Waals surface area contributed by atoms with Gasteiger partial charge in [0, 0.05) is 29.5 Å². The van der Waals surface area contributed by atoms with Crippen LogP contribution in [0, 0.1) is 140 Å². The number of nitrogens with zero attached hydrogens (tertiary/aromatic N) is 18. The van der Waals surface area contributed by atoms with E-state index in [2.05, 4.69) is 59.1 Å². The fourth-order valence-corrected chi connectivity index (χ4v) is 8.00. The Kier molecular flexibility index (Phi) is 24.0. The summed E-state index contributed by atoms with van der Waals surface area (Å²) in [6.07, 6.45) is -22.5. The molecule has 0 spiro atoms. The first kappa shape index (κ1) is 77.8. The van der Waals surface area contributed by atoms with Gasteiger partial charge in [0.25, 0.3) is 0 Å². The van der Waals surface area contributed by atoms with E-state index in [0.29, 0.717) is 0 Å². The Morgan fingerprint density at radius 2 is 0.471 bits per heavy atom. The molecule has 1 N–H and O–H groups in total. The number of esters is 5. The van der Waals surface area contributed by atoms with Crippen molar-refractivity contribution in [3.63, 3.8) is 0 Å². The standard InChI is InChI=1S/C48H10F24N18O12/c49-11-5(12(50)24(62)35(23(11)61)79-85-73)43(91)97-1-3(99-45(93)7-15(53)27(65)37(81-87-75)28(66)16(7)54)41(101-47(95)9-19(57)31(69)39(83-89-77)32(70)20(9)58)42(102-48(96)10-21(59)33(71)40(84-90-78)34(72)22(10)60)4(100-46(94)8-17(55)29(67)38(82-88-76)30(68)18(8)56)2-98-44(92)6-13(51)25(63)36(80-86-74)26(64)14(6)52/h3-4,41-43,91H,1-2H2. The summed E-state index contributed by atoms with van der Waals surface area (Å²) in [5, 5.41) is 24.2. The lowest BCUT2D eigenvalue weighted by Crippen LogP contribution is -2.55. The van der Waals surface area contributed by atoms with E-state index in [9.17, 15) is 29.1 Å². The molecule has 54 heteroatoms. The lowest BCUT2D eigenvalue weighted by Gasteiger charge is -2.36. The van der Waals surface area contributed by atoms with Crippen molar-refractivity contribution in [1.82, 2.24) is 0 Å². The molecule has 0 bridgehead atoms. The molecule has 102 heavy (non-hydrogen) atoms. The third-order valence-corrected chi connectivity index (χ3v) is 12.5. The molecular formula is C48H10F24N18O12. The van der Waals surface area contributed by atoms with Gasteiger partial charge < -0.3 is 33.5 Å². The molecule has 0 saturated carbocycles. The van der Waals surface area contributed by atoms with Crippen LogP contribution in [0.1, 0.15) is 63.6 Å². The van der Waals surface area contributed by atoms with Gasteiger partial charge in [-0.15, -0.1) is 0 Å². The van der Waals surface area contributed by atoms with Crippen LogP contribution in [-0.4, -0.2) is 72.6 Å². The zero-order valence-corrected chi connectivity index (χ0v) is 46.9. The highest BCUT2D eigenvalue weighted by atomic mass is 19.2. The zero-order chi connectivity index (χ0) is 76.7. The van der Waals surface area contributed by atoms with E-state index in [0.717, 1.165) is 0 Å². The number of hydrogen-bond acceptors (Lipinski definition) is 18. The molecule has 0 aliphatic carbocycles. The first-order valence-corrected chi connectivity index (χ1v) is 24.7. The van der Waals surface area contributed by atoms with Crippen LogP contribution in [-0.2, 0) is 28.4 Å². The average molecular weight is 1490 g/mol. The number of carbonyl (C=O) groups is 5. The van der Waals surface area contributed by atoms with E-state index < -0.39 is 281 Å².